The Hall–Kier alpha value is -1.99. The minimum Gasteiger partial charge on any atom is -0.350 e. The van der Waals surface area contributed by atoms with Gasteiger partial charge in [-0.05, 0) is 38.1 Å². The van der Waals surface area contributed by atoms with Gasteiger partial charge in [0.2, 0.25) is 11.8 Å². The summed E-state index contributed by atoms with van der Waals surface area (Å²) in [4.78, 5) is 26.2. The summed E-state index contributed by atoms with van der Waals surface area (Å²) >= 11 is 0. The van der Waals surface area contributed by atoms with Crippen molar-refractivity contribution >= 4 is 17.5 Å². The van der Waals surface area contributed by atoms with Gasteiger partial charge in [-0.3, -0.25) is 20.4 Å². The van der Waals surface area contributed by atoms with E-state index in [4.69, 9.17) is 0 Å². The van der Waals surface area contributed by atoms with Gasteiger partial charge in [-0.15, -0.1) is 0 Å². The minimum atomic E-state index is -0.382. The lowest BCUT2D eigenvalue weighted by Gasteiger charge is -2.22. The van der Waals surface area contributed by atoms with Crippen molar-refractivity contribution in [2.24, 2.45) is 5.92 Å². The van der Waals surface area contributed by atoms with Crippen LogP contribution in [0.2, 0.25) is 0 Å². The number of nitrogens with one attached hydrogen (secondary N) is 3. The summed E-state index contributed by atoms with van der Waals surface area (Å²) in [5.41, 5.74) is 6.80. The summed E-state index contributed by atoms with van der Waals surface area (Å²) in [5.74, 6) is -0.955. The largest absolute Gasteiger partial charge is 0.350 e. The highest BCUT2D eigenvalue weighted by Crippen LogP contribution is 2.25. The van der Waals surface area contributed by atoms with Gasteiger partial charge in [0.05, 0.1) is 12.0 Å². The molecule has 23 heavy (non-hydrogen) atoms. The van der Waals surface area contributed by atoms with E-state index >= 15 is 0 Å². The van der Waals surface area contributed by atoms with E-state index in [9.17, 15) is 14.0 Å². The van der Waals surface area contributed by atoms with Crippen LogP contribution < -0.4 is 21.1 Å². The van der Waals surface area contributed by atoms with E-state index in [1.165, 1.54) is 12.1 Å². The normalized spacial score (nSPS) is 30.7. The zero-order chi connectivity index (χ0) is 16.6. The number of carbonyl (C=O) groups is 2. The van der Waals surface area contributed by atoms with Crippen LogP contribution in [0.4, 0.5) is 10.1 Å². The molecule has 2 amide bonds. The number of nitrogens with zero attached hydrogens (tertiary/aromatic N) is 1. The number of hydrazine groups is 1. The molecule has 3 N–H and O–H groups in total. The summed E-state index contributed by atoms with van der Waals surface area (Å²) in [6.45, 7) is 4.31. The van der Waals surface area contributed by atoms with Crippen molar-refractivity contribution in [1.82, 2.24) is 16.2 Å². The van der Waals surface area contributed by atoms with E-state index in [2.05, 4.69) is 16.2 Å². The fourth-order valence-electron chi connectivity index (χ4n) is 3.16. The number of hydrogen-bond acceptors (Lipinski definition) is 4. The SMILES string of the molecule is CC1NNC(C)C1NC(=O)C1CC(=O)N(c2ccc(F)cc2)C1. The number of benzene rings is 1. The fourth-order valence-corrected chi connectivity index (χ4v) is 3.16. The lowest BCUT2D eigenvalue weighted by molar-refractivity contribution is -0.127. The maximum atomic E-state index is 13.0. The molecule has 0 aromatic heterocycles. The van der Waals surface area contributed by atoms with E-state index in [-0.39, 0.29) is 48.1 Å². The molecule has 2 aliphatic rings. The lowest BCUT2D eigenvalue weighted by atomic mass is 10.0. The highest BCUT2D eigenvalue weighted by Gasteiger charge is 2.38. The van der Waals surface area contributed by atoms with Gasteiger partial charge < -0.3 is 10.2 Å². The molecule has 0 spiro atoms. The lowest BCUT2D eigenvalue weighted by Crippen LogP contribution is -2.48. The number of halogens is 1. The number of rotatable bonds is 3. The van der Waals surface area contributed by atoms with Crippen LogP contribution in [0.25, 0.3) is 0 Å². The number of amides is 2. The van der Waals surface area contributed by atoms with Gasteiger partial charge in [0.15, 0.2) is 0 Å². The van der Waals surface area contributed by atoms with Gasteiger partial charge >= 0.3 is 0 Å². The summed E-state index contributed by atoms with van der Waals surface area (Å²) in [7, 11) is 0. The molecule has 2 aliphatic heterocycles. The Labute approximate surface area is 134 Å². The van der Waals surface area contributed by atoms with Gasteiger partial charge in [0, 0.05) is 30.7 Å². The molecule has 0 saturated carbocycles. The van der Waals surface area contributed by atoms with Crippen molar-refractivity contribution in [3.8, 4) is 0 Å². The van der Waals surface area contributed by atoms with Crippen LogP contribution in [0.5, 0.6) is 0 Å². The predicted octanol–water partition coefficient (Wildman–Crippen LogP) is 0.548. The molecule has 1 aromatic carbocycles. The van der Waals surface area contributed by atoms with Crippen LogP contribution in [0.3, 0.4) is 0 Å². The van der Waals surface area contributed by atoms with Gasteiger partial charge in [-0.2, -0.15) is 0 Å². The van der Waals surface area contributed by atoms with E-state index < -0.39 is 0 Å². The van der Waals surface area contributed by atoms with E-state index in [0.29, 0.717) is 12.2 Å². The van der Waals surface area contributed by atoms with Gasteiger partial charge in [0.1, 0.15) is 5.82 Å². The van der Waals surface area contributed by atoms with Crippen molar-refractivity contribution < 1.29 is 14.0 Å². The van der Waals surface area contributed by atoms with Crippen molar-refractivity contribution in [3.63, 3.8) is 0 Å². The average Bonchev–Trinajstić information content (AvgIpc) is 3.05. The molecule has 7 heteroatoms. The van der Waals surface area contributed by atoms with Crippen LogP contribution in [0.1, 0.15) is 20.3 Å². The topological polar surface area (TPSA) is 73.5 Å². The van der Waals surface area contributed by atoms with Gasteiger partial charge in [-0.1, -0.05) is 0 Å². The van der Waals surface area contributed by atoms with Crippen molar-refractivity contribution in [3.05, 3.63) is 30.1 Å². The Bertz CT molecular complexity index is 597. The molecule has 0 radical (unpaired) electrons. The second kappa shape index (κ2) is 6.25. The minimum absolute atomic E-state index is 0.0162. The Morgan fingerprint density at radius 1 is 1.22 bits per heavy atom. The highest BCUT2D eigenvalue weighted by molar-refractivity contribution is 6.00. The quantitative estimate of drug-likeness (QED) is 0.760. The number of hydrogen-bond donors (Lipinski definition) is 3. The second-order valence-corrected chi connectivity index (χ2v) is 6.28. The smallest absolute Gasteiger partial charge is 0.227 e. The maximum Gasteiger partial charge on any atom is 0.227 e. The summed E-state index contributed by atoms with van der Waals surface area (Å²) in [6, 6.07) is 5.98. The molecule has 6 nitrogen and oxygen atoms in total. The maximum absolute atomic E-state index is 13.0. The number of anilines is 1. The molecule has 2 saturated heterocycles. The van der Waals surface area contributed by atoms with E-state index in [0.717, 1.165) is 0 Å². The van der Waals surface area contributed by atoms with E-state index in [1.807, 2.05) is 13.8 Å². The molecule has 3 unspecified atom stereocenters. The first-order chi connectivity index (χ1) is 11.0. The Balaban J connectivity index is 1.65. The van der Waals surface area contributed by atoms with Crippen LogP contribution >= 0.6 is 0 Å². The van der Waals surface area contributed by atoms with Crippen LogP contribution in [-0.4, -0.2) is 36.5 Å². The first-order valence-corrected chi connectivity index (χ1v) is 7.83. The zero-order valence-corrected chi connectivity index (χ0v) is 13.2. The third kappa shape index (κ3) is 3.20. The standard InChI is InChI=1S/C16H21FN4O2/c1-9-15(10(2)20-19-9)18-16(23)11-7-14(22)21(8-11)13-5-3-12(17)4-6-13/h3-6,9-11,15,19-20H,7-8H2,1-2H3,(H,18,23). The first kappa shape index (κ1) is 15.9. The monoisotopic (exact) mass is 320 g/mol. The summed E-state index contributed by atoms with van der Waals surface area (Å²) in [6.07, 6.45) is 0.180. The molecular weight excluding hydrogens is 299 g/mol. The Morgan fingerprint density at radius 3 is 2.43 bits per heavy atom. The molecule has 2 heterocycles. The molecule has 124 valence electrons. The molecule has 0 aliphatic carbocycles. The Morgan fingerprint density at radius 2 is 1.83 bits per heavy atom. The first-order valence-electron chi connectivity index (χ1n) is 7.83. The predicted molar refractivity (Wildman–Crippen MR) is 84.0 cm³/mol. The zero-order valence-electron chi connectivity index (χ0n) is 13.2. The third-order valence-corrected chi connectivity index (χ3v) is 4.56. The van der Waals surface area contributed by atoms with Crippen LogP contribution in [0, 0.1) is 11.7 Å². The van der Waals surface area contributed by atoms with Gasteiger partial charge in [0.25, 0.3) is 0 Å². The van der Waals surface area contributed by atoms with Gasteiger partial charge in [-0.25, -0.2) is 4.39 Å². The molecular formula is C16H21FN4O2. The summed E-state index contributed by atoms with van der Waals surface area (Å²) < 4.78 is 13.0. The summed E-state index contributed by atoms with van der Waals surface area (Å²) in [5, 5.41) is 3.02. The molecule has 0 bridgehead atoms. The van der Waals surface area contributed by atoms with Crippen LogP contribution in [0.15, 0.2) is 24.3 Å². The second-order valence-electron chi connectivity index (χ2n) is 6.28. The third-order valence-electron chi connectivity index (χ3n) is 4.56. The number of carbonyl (C=O) groups excluding carboxylic acids is 2. The Kier molecular flexibility index (Phi) is 4.32. The van der Waals surface area contributed by atoms with E-state index in [1.54, 1.807) is 17.0 Å². The van der Waals surface area contributed by atoms with Crippen LogP contribution in [-0.2, 0) is 9.59 Å². The van der Waals surface area contributed by atoms with Crippen molar-refractivity contribution in [2.45, 2.75) is 38.4 Å². The van der Waals surface area contributed by atoms with Crippen molar-refractivity contribution in [1.29, 1.82) is 0 Å². The van der Waals surface area contributed by atoms with Crippen molar-refractivity contribution in [2.75, 3.05) is 11.4 Å². The molecule has 1 aromatic rings. The molecule has 3 atom stereocenters. The molecule has 2 fully saturated rings. The fraction of sp³-hybridized carbons (Fsp3) is 0.500. The average molecular weight is 320 g/mol. The highest BCUT2D eigenvalue weighted by atomic mass is 19.1. The molecule has 3 rings (SSSR count).